The predicted molar refractivity (Wildman–Crippen MR) is 97.4 cm³/mol. The van der Waals surface area contributed by atoms with Gasteiger partial charge in [-0.15, -0.1) is 0 Å². The molecule has 2 aromatic rings. The van der Waals surface area contributed by atoms with Crippen LogP contribution in [0, 0.1) is 0 Å². The maximum absolute atomic E-state index is 11.7. The Bertz CT molecular complexity index is 710. The van der Waals surface area contributed by atoms with E-state index in [0.717, 1.165) is 11.4 Å². The summed E-state index contributed by atoms with van der Waals surface area (Å²) in [6.45, 7) is -0.193. The third-order valence-electron chi connectivity index (χ3n) is 2.86. The number of rotatable bonds is 5. The molecule has 2 aromatic carbocycles. The van der Waals surface area contributed by atoms with E-state index in [0.29, 0.717) is 10.8 Å². The van der Waals surface area contributed by atoms with E-state index in [2.05, 4.69) is 16.2 Å². The van der Waals surface area contributed by atoms with Crippen LogP contribution in [0.4, 0.5) is 5.69 Å². The Morgan fingerprint density at radius 3 is 2.50 bits per heavy atom. The number of carbonyl (C=O) groups is 1. The highest BCUT2D eigenvalue weighted by atomic mass is 35.5. The van der Waals surface area contributed by atoms with Gasteiger partial charge in [0.15, 0.2) is 11.7 Å². The number of halogens is 1. The first-order chi connectivity index (χ1) is 11.6. The number of hydrazine groups is 1. The monoisotopic (exact) mass is 365 g/mol. The van der Waals surface area contributed by atoms with E-state index in [1.807, 2.05) is 0 Å². The zero-order valence-corrected chi connectivity index (χ0v) is 14.4. The van der Waals surface area contributed by atoms with Crippen LogP contribution in [0.1, 0.15) is 0 Å². The quantitative estimate of drug-likeness (QED) is 0.559. The van der Waals surface area contributed by atoms with E-state index in [4.69, 9.17) is 33.3 Å². The summed E-state index contributed by atoms with van der Waals surface area (Å²) >= 11 is 11.0. The van der Waals surface area contributed by atoms with Crippen LogP contribution in [0.3, 0.4) is 0 Å². The molecule has 24 heavy (non-hydrogen) atoms. The Hall–Kier alpha value is -2.51. The minimum atomic E-state index is -0.395. The van der Waals surface area contributed by atoms with E-state index in [9.17, 15) is 4.79 Å². The molecule has 2 rings (SSSR count). The van der Waals surface area contributed by atoms with Gasteiger partial charge in [0.05, 0.1) is 12.1 Å². The molecular formula is C16H16ClN3O3S. The van der Waals surface area contributed by atoms with Gasteiger partial charge in [0.1, 0.15) is 11.5 Å². The molecule has 0 aliphatic carbocycles. The molecular weight excluding hydrogens is 350 g/mol. The molecule has 0 spiro atoms. The van der Waals surface area contributed by atoms with Crippen LogP contribution in [0.5, 0.6) is 11.5 Å². The van der Waals surface area contributed by atoms with Crippen molar-refractivity contribution in [3.63, 3.8) is 0 Å². The normalized spacial score (nSPS) is 9.75. The Morgan fingerprint density at radius 1 is 1.12 bits per heavy atom. The van der Waals surface area contributed by atoms with E-state index < -0.39 is 5.91 Å². The third-order valence-corrected chi connectivity index (χ3v) is 3.38. The van der Waals surface area contributed by atoms with Crippen LogP contribution in [0.25, 0.3) is 0 Å². The number of ether oxygens (including phenoxy) is 2. The average Bonchev–Trinajstić information content (AvgIpc) is 2.60. The van der Waals surface area contributed by atoms with Gasteiger partial charge in [-0.1, -0.05) is 23.7 Å². The minimum Gasteiger partial charge on any atom is -0.497 e. The first-order valence-corrected chi connectivity index (χ1v) is 7.74. The fourth-order valence-corrected chi connectivity index (χ4v) is 2.06. The lowest BCUT2D eigenvalue weighted by atomic mass is 10.3. The zero-order chi connectivity index (χ0) is 17.4. The summed E-state index contributed by atoms with van der Waals surface area (Å²) in [6, 6.07) is 14.1. The summed E-state index contributed by atoms with van der Waals surface area (Å²) < 4.78 is 10.4. The van der Waals surface area contributed by atoms with Gasteiger partial charge in [-0.25, -0.2) is 0 Å². The van der Waals surface area contributed by atoms with Gasteiger partial charge < -0.3 is 14.8 Å². The molecule has 1 amide bonds. The Balaban J connectivity index is 1.72. The van der Waals surface area contributed by atoms with Crippen molar-refractivity contribution in [3.8, 4) is 11.5 Å². The van der Waals surface area contributed by atoms with Crippen molar-refractivity contribution >= 4 is 40.5 Å². The second kappa shape index (κ2) is 8.95. The van der Waals surface area contributed by atoms with Crippen molar-refractivity contribution in [1.82, 2.24) is 10.9 Å². The largest absolute Gasteiger partial charge is 0.497 e. The average molecular weight is 366 g/mol. The summed E-state index contributed by atoms with van der Waals surface area (Å²) in [7, 11) is 1.59. The molecule has 126 valence electrons. The lowest BCUT2D eigenvalue weighted by Crippen LogP contribution is -2.45. The van der Waals surface area contributed by atoms with E-state index in [-0.39, 0.29) is 11.7 Å². The maximum atomic E-state index is 11.7. The number of para-hydroxylation sites is 1. The van der Waals surface area contributed by atoms with Gasteiger partial charge >= 0.3 is 0 Å². The first kappa shape index (κ1) is 17.8. The van der Waals surface area contributed by atoms with Crippen molar-refractivity contribution in [1.29, 1.82) is 0 Å². The number of methoxy groups -OCH3 is 1. The van der Waals surface area contributed by atoms with E-state index >= 15 is 0 Å². The van der Waals surface area contributed by atoms with Gasteiger partial charge in [0.25, 0.3) is 5.91 Å². The van der Waals surface area contributed by atoms with Crippen molar-refractivity contribution in [2.45, 2.75) is 0 Å². The van der Waals surface area contributed by atoms with Crippen molar-refractivity contribution in [2.75, 3.05) is 19.0 Å². The van der Waals surface area contributed by atoms with Gasteiger partial charge in [-0.2, -0.15) is 0 Å². The lowest BCUT2D eigenvalue weighted by Gasteiger charge is -2.12. The number of carbonyl (C=O) groups excluding carboxylic acids is 1. The third kappa shape index (κ3) is 5.60. The van der Waals surface area contributed by atoms with Crippen molar-refractivity contribution in [2.24, 2.45) is 0 Å². The van der Waals surface area contributed by atoms with Gasteiger partial charge in [-0.3, -0.25) is 15.6 Å². The fourth-order valence-electron chi connectivity index (χ4n) is 1.70. The molecule has 0 aliphatic rings. The summed E-state index contributed by atoms with van der Waals surface area (Å²) in [6.07, 6.45) is 0. The predicted octanol–water partition coefficient (Wildman–Crippen LogP) is 2.75. The molecule has 0 heterocycles. The van der Waals surface area contributed by atoms with E-state index in [1.54, 1.807) is 55.6 Å². The van der Waals surface area contributed by atoms with Gasteiger partial charge in [0, 0.05) is 5.69 Å². The Kier molecular flexibility index (Phi) is 6.65. The Labute approximate surface area is 150 Å². The van der Waals surface area contributed by atoms with Crippen LogP contribution in [0.2, 0.25) is 5.02 Å². The second-order valence-corrected chi connectivity index (χ2v) is 5.39. The van der Waals surface area contributed by atoms with Crippen molar-refractivity contribution in [3.05, 3.63) is 53.6 Å². The lowest BCUT2D eigenvalue weighted by molar-refractivity contribution is -0.123. The number of thiocarbonyl (C=S) groups is 1. The fraction of sp³-hybridized carbons (Fsp3) is 0.125. The Morgan fingerprint density at radius 2 is 1.83 bits per heavy atom. The van der Waals surface area contributed by atoms with Crippen LogP contribution < -0.4 is 25.6 Å². The number of hydrogen-bond donors (Lipinski definition) is 3. The molecule has 8 heteroatoms. The standard InChI is InChI=1S/C16H16ClN3O3S/c1-22-12-8-6-11(7-9-12)18-16(24)20-19-15(21)10-23-14-5-3-2-4-13(14)17/h2-9H,10H2,1H3,(H,19,21)(H2,18,20,24). The van der Waals surface area contributed by atoms with E-state index in [1.165, 1.54) is 0 Å². The minimum absolute atomic E-state index is 0.193. The second-order valence-electron chi connectivity index (χ2n) is 4.57. The summed E-state index contributed by atoms with van der Waals surface area (Å²) in [4.78, 5) is 11.7. The molecule has 0 atom stereocenters. The number of anilines is 1. The van der Waals surface area contributed by atoms with Crippen LogP contribution in [-0.2, 0) is 4.79 Å². The molecule has 0 aromatic heterocycles. The highest BCUT2D eigenvalue weighted by Crippen LogP contribution is 2.22. The van der Waals surface area contributed by atoms with Crippen LogP contribution in [-0.4, -0.2) is 24.7 Å². The molecule has 0 bridgehead atoms. The van der Waals surface area contributed by atoms with Crippen molar-refractivity contribution < 1.29 is 14.3 Å². The number of hydrogen-bond acceptors (Lipinski definition) is 4. The van der Waals surface area contributed by atoms with Crippen LogP contribution in [0.15, 0.2) is 48.5 Å². The molecule has 0 saturated carbocycles. The smallest absolute Gasteiger partial charge is 0.276 e. The highest BCUT2D eigenvalue weighted by Gasteiger charge is 2.06. The van der Waals surface area contributed by atoms with Gasteiger partial charge in [0.2, 0.25) is 0 Å². The molecule has 0 radical (unpaired) electrons. The number of amides is 1. The maximum Gasteiger partial charge on any atom is 0.276 e. The SMILES string of the molecule is COc1ccc(NC(=S)NNC(=O)COc2ccccc2Cl)cc1. The molecule has 0 fully saturated rings. The highest BCUT2D eigenvalue weighted by molar-refractivity contribution is 7.80. The molecule has 0 saturated heterocycles. The van der Waals surface area contributed by atoms with Crippen LogP contribution >= 0.6 is 23.8 Å². The summed E-state index contributed by atoms with van der Waals surface area (Å²) in [5.41, 5.74) is 5.78. The summed E-state index contributed by atoms with van der Waals surface area (Å²) in [5.74, 6) is 0.784. The van der Waals surface area contributed by atoms with Gasteiger partial charge in [-0.05, 0) is 48.6 Å². The number of nitrogens with one attached hydrogen (secondary N) is 3. The summed E-state index contributed by atoms with van der Waals surface area (Å²) in [5, 5.41) is 3.60. The zero-order valence-electron chi connectivity index (χ0n) is 12.8. The molecule has 3 N–H and O–H groups in total. The molecule has 0 unspecified atom stereocenters. The molecule has 6 nitrogen and oxygen atoms in total. The topological polar surface area (TPSA) is 71.6 Å². The number of benzene rings is 2. The molecule has 0 aliphatic heterocycles. The first-order valence-electron chi connectivity index (χ1n) is 6.95.